The van der Waals surface area contributed by atoms with E-state index in [1.165, 1.54) is 30.2 Å². The van der Waals surface area contributed by atoms with Crippen molar-refractivity contribution in [3.8, 4) is 5.75 Å². The molecule has 0 aliphatic heterocycles. The fourth-order valence-corrected chi connectivity index (χ4v) is 4.07. The van der Waals surface area contributed by atoms with Crippen LogP contribution in [0, 0.1) is 0 Å². The van der Waals surface area contributed by atoms with E-state index >= 15 is 0 Å². The molecule has 1 amide bonds. The van der Waals surface area contributed by atoms with Crippen molar-refractivity contribution in [2.24, 2.45) is 0 Å². The van der Waals surface area contributed by atoms with Crippen LogP contribution in [0.25, 0.3) is 0 Å². The molecule has 0 atom stereocenters. The second-order valence-electron chi connectivity index (χ2n) is 6.32. The summed E-state index contributed by atoms with van der Waals surface area (Å²) in [7, 11) is -2.46. The molecule has 0 spiro atoms. The Kier molecular flexibility index (Phi) is 4.70. The smallest absolute Gasteiger partial charge is 0.323 e. The highest BCUT2D eigenvalue weighted by Gasteiger charge is 2.35. The molecule has 1 aromatic carbocycles. The Balaban J connectivity index is 1.92. The molecule has 2 aliphatic rings. The number of amides is 1. The van der Waals surface area contributed by atoms with E-state index in [9.17, 15) is 18.0 Å². The number of benzene rings is 1. The molecule has 2 N–H and O–H groups in total. The molecule has 1 aromatic rings. The SMILES string of the molecule is COc1ccc(C(=O)N(CC(=O)O)C2CC2)cc1S(=O)(=O)NC1CC1. The van der Waals surface area contributed by atoms with Crippen LogP contribution in [0.15, 0.2) is 23.1 Å². The molecule has 8 nitrogen and oxygen atoms in total. The lowest BCUT2D eigenvalue weighted by Gasteiger charge is -2.21. The maximum Gasteiger partial charge on any atom is 0.323 e. The predicted molar refractivity (Wildman–Crippen MR) is 88.0 cm³/mol. The van der Waals surface area contributed by atoms with Gasteiger partial charge in [0.15, 0.2) is 0 Å². The average molecular weight is 368 g/mol. The molecule has 0 heterocycles. The number of sulfonamides is 1. The highest BCUT2D eigenvalue weighted by molar-refractivity contribution is 7.89. The number of hydrogen-bond donors (Lipinski definition) is 2. The van der Waals surface area contributed by atoms with Crippen LogP contribution < -0.4 is 9.46 Å². The molecule has 9 heteroatoms. The summed E-state index contributed by atoms with van der Waals surface area (Å²) in [5.74, 6) is -1.45. The first-order valence-electron chi connectivity index (χ1n) is 8.05. The number of carbonyl (C=O) groups excluding carboxylic acids is 1. The zero-order valence-corrected chi connectivity index (χ0v) is 14.6. The van der Waals surface area contributed by atoms with Gasteiger partial charge in [0.1, 0.15) is 17.2 Å². The third-order valence-electron chi connectivity index (χ3n) is 4.15. The summed E-state index contributed by atoms with van der Waals surface area (Å²) >= 11 is 0. The van der Waals surface area contributed by atoms with E-state index in [1.54, 1.807) is 0 Å². The summed E-state index contributed by atoms with van der Waals surface area (Å²) < 4.78 is 32.7. The van der Waals surface area contributed by atoms with Crippen molar-refractivity contribution in [3.05, 3.63) is 23.8 Å². The third kappa shape index (κ3) is 4.10. The average Bonchev–Trinajstić information content (AvgIpc) is 3.45. The van der Waals surface area contributed by atoms with Crippen LogP contribution in [-0.4, -0.2) is 56.0 Å². The number of nitrogens with zero attached hydrogens (tertiary/aromatic N) is 1. The van der Waals surface area contributed by atoms with Gasteiger partial charge in [0.25, 0.3) is 5.91 Å². The van der Waals surface area contributed by atoms with Gasteiger partial charge in [-0.05, 0) is 43.9 Å². The standard InChI is InChI=1S/C16H20N2O6S/c1-24-13-7-2-10(8-14(13)25(22,23)17-11-3-4-11)16(21)18(9-15(19)20)12-5-6-12/h2,7-8,11-12,17H,3-6,9H2,1H3,(H,19,20). The summed E-state index contributed by atoms with van der Waals surface area (Å²) in [4.78, 5) is 24.9. The first-order valence-corrected chi connectivity index (χ1v) is 9.53. The van der Waals surface area contributed by atoms with Crippen molar-refractivity contribution in [1.29, 1.82) is 0 Å². The summed E-state index contributed by atoms with van der Waals surface area (Å²) in [5.41, 5.74) is 0.130. The van der Waals surface area contributed by atoms with Gasteiger partial charge in [-0.1, -0.05) is 0 Å². The van der Waals surface area contributed by atoms with Crippen LogP contribution in [0.4, 0.5) is 0 Å². The largest absolute Gasteiger partial charge is 0.495 e. The van der Waals surface area contributed by atoms with Crippen molar-refractivity contribution in [1.82, 2.24) is 9.62 Å². The summed E-state index contributed by atoms with van der Waals surface area (Å²) in [6.07, 6.45) is 3.08. The van der Waals surface area contributed by atoms with Gasteiger partial charge in [0, 0.05) is 17.6 Å². The molecule has 3 rings (SSSR count). The molecular weight excluding hydrogens is 348 g/mol. The second-order valence-corrected chi connectivity index (χ2v) is 8.00. The summed E-state index contributed by atoms with van der Waals surface area (Å²) in [5, 5.41) is 9.01. The molecular formula is C16H20N2O6S. The number of carboxylic acids is 1. The molecule has 2 fully saturated rings. The fourth-order valence-electron chi connectivity index (χ4n) is 2.57. The molecule has 0 radical (unpaired) electrons. The van der Waals surface area contributed by atoms with Crippen molar-refractivity contribution < 1.29 is 27.9 Å². The van der Waals surface area contributed by atoms with Crippen LogP contribution in [0.2, 0.25) is 0 Å². The van der Waals surface area contributed by atoms with E-state index in [-0.39, 0.29) is 28.3 Å². The monoisotopic (exact) mass is 368 g/mol. The fraction of sp³-hybridized carbons (Fsp3) is 0.500. The number of rotatable bonds is 8. The van der Waals surface area contributed by atoms with E-state index in [0.29, 0.717) is 0 Å². The number of methoxy groups -OCH3 is 1. The molecule has 136 valence electrons. The Hall–Kier alpha value is -2.13. The lowest BCUT2D eigenvalue weighted by atomic mass is 10.2. The van der Waals surface area contributed by atoms with E-state index in [1.807, 2.05) is 0 Å². The van der Waals surface area contributed by atoms with Gasteiger partial charge in [-0.3, -0.25) is 9.59 Å². The maximum absolute atomic E-state index is 12.7. The van der Waals surface area contributed by atoms with Gasteiger partial charge in [-0.25, -0.2) is 13.1 Å². The van der Waals surface area contributed by atoms with E-state index < -0.39 is 28.4 Å². The molecule has 25 heavy (non-hydrogen) atoms. The van der Waals surface area contributed by atoms with E-state index in [0.717, 1.165) is 25.7 Å². The normalized spacial score (nSPS) is 17.2. The van der Waals surface area contributed by atoms with Crippen molar-refractivity contribution in [2.75, 3.05) is 13.7 Å². The van der Waals surface area contributed by atoms with Gasteiger partial charge in [0.05, 0.1) is 7.11 Å². The van der Waals surface area contributed by atoms with Gasteiger partial charge >= 0.3 is 5.97 Å². The van der Waals surface area contributed by atoms with Crippen LogP contribution in [0.5, 0.6) is 5.75 Å². The molecule has 0 saturated heterocycles. The Bertz CT molecular complexity index is 799. The number of aliphatic carboxylic acids is 1. The number of hydrogen-bond acceptors (Lipinski definition) is 5. The van der Waals surface area contributed by atoms with Crippen molar-refractivity contribution in [2.45, 2.75) is 42.7 Å². The molecule has 0 aromatic heterocycles. The Morgan fingerprint density at radius 1 is 1.28 bits per heavy atom. The number of ether oxygens (including phenoxy) is 1. The summed E-state index contributed by atoms with van der Waals surface area (Å²) in [6, 6.07) is 3.94. The highest BCUT2D eigenvalue weighted by atomic mass is 32.2. The zero-order chi connectivity index (χ0) is 18.2. The first-order chi connectivity index (χ1) is 11.8. The maximum atomic E-state index is 12.7. The quantitative estimate of drug-likeness (QED) is 0.703. The Labute approximate surface area is 145 Å². The molecule has 0 unspecified atom stereocenters. The Morgan fingerprint density at radius 2 is 1.96 bits per heavy atom. The van der Waals surface area contributed by atoms with Crippen LogP contribution >= 0.6 is 0 Å². The van der Waals surface area contributed by atoms with Crippen molar-refractivity contribution in [3.63, 3.8) is 0 Å². The van der Waals surface area contributed by atoms with Gasteiger partial charge in [-0.2, -0.15) is 0 Å². The predicted octanol–water partition coefficient (Wildman–Crippen LogP) is 0.825. The molecule has 2 saturated carbocycles. The number of nitrogens with one attached hydrogen (secondary N) is 1. The zero-order valence-electron chi connectivity index (χ0n) is 13.8. The highest BCUT2D eigenvalue weighted by Crippen LogP contribution is 2.31. The van der Waals surface area contributed by atoms with Gasteiger partial charge < -0.3 is 14.7 Å². The van der Waals surface area contributed by atoms with Crippen LogP contribution in [0.1, 0.15) is 36.0 Å². The number of carboxylic acid groups (broad SMARTS) is 1. The van der Waals surface area contributed by atoms with Gasteiger partial charge in [0.2, 0.25) is 10.0 Å². The minimum Gasteiger partial charge on any atom is -0.495 e. The lowest BCUT2D eigenvalue weighted by Crippen LogP contribution is -2.37. The molecule has 2 aliphatic carbocycles. The molecule has 0 bridgehead atoms. The first kappa shape index (κ1) is 17.7. The minimum atomic E-state index is -3.81. The van der Waals surface area contributed by atoms with Crippen molar-refractivity contribution >= 4 is 21.9 Å². The second kappa shape index (κ2) is 6.64. The van der Waals surface area contributed by atoms with Crippen LogP contribution in [-0.2, 0) is 14.8 Å². The Morgan fingerprint density at radius 3 is 2.48 bits per heavy atom. The minimum absolute atomic E-state index is 0.0796. The summed E-state index contributed by atoms with van der Waals surface area (Å²) in [6.45, 7) is -0.405. The van der Waals surface area contributed by atoms with Crippen LogP contribution in [0.3, 0.4) is 0 Å². The van der Waals surface area contributed by atoms with E-state index in [4.69, 9.17) is 9.84 Å². The number of carbonyl (C=O) groups is 2. The van der Waals surface area contributed by atoms with Gasteiger partial charge in [-0.15, -0.1) is 0 Å². The topological polar surface area (TPSA) is 113 Å². The van der Waals surface area contributed by atoms with E-state index in [2.05, 4.69) is 4.72 Å². The lowest BCUT2D eigenvalue weighted by molar-refractivity contribution is -0.137. The third-order valence-corrected chi connectivity index (χ3v) is 5.70.